The Morgan fingerprint density at radius 2 is 1.72 bits per heavy atom. The van der Waals surface area contributed by atoms with E-state index >= 15 is 0 Å². The van der Waals surface area contributed by atoms with Gasteiger partial charge in [0.05, 0.1) is 4.47 Å². The predicted octanol–water partition coefficient (Wildman–Crippen LogP) is 4.82. The Hall–Kier alpha value is -2.66. The maximum absolute atomic E-state index is 12.1. The fourth-order valence-corrected chi connectivity index (χ4v) is 3.06. The van der Waals surface area contributed by atoms with E-state index in [2.05, 4.69) is 21.2 Å². The molecule has 0 unspecified atom stereocenters. The summed E-state index contributed by atoms with van der Waals surface area (Å²) in [5.41, 5.74) is 1.23. The van der Waals surface area contributed by atoms with Gasteiger partial charge in [0.25, 0.3) is 5.91 Å². The number of nitrogens with one attached hydrogen (secondary N) is 1. The molecule has 0 saturated heterocycles. The van der Waals surface area contributed by atoms with E-state index in [4.69, 9.17) is 4.74 Å². The summed E-state index contributed by atoms with van der Waals surface area (Å²) in [6, 6.07) is 18.5. The van der Waals surface area contributed by atoms with Crippen LogP contribution in [0.3, 0.4) is 0 Å². The number of carbonyl (C=O) groups excluding carboxylic acids is 2. The molecule has 0 atom stereocenters. The zero-order valence-electron chi connectivity index (χ0n) is 13.6. The second-order valence-electron chi connectivity index (χ2n) is 5.57. The molecule has 0 aliphatic carbocycles. The van der Waals surface area contributed by atoms with Crippen LogP contribution in [0.25, 0.3) is 10.8 Å². The van der Waals surface area contributed by atoms with Gasteiger partial charge >= 0.3 is 0 Å². The van der Waals surface area contributed by atoms with Gasteiger partial charge in [0.2, 0.25) is 0 Å². The van der Waals surface area contributed by atoms with Crippen molar-refractivity contribution in [1.82, 2.24) is 0 Å². The van der Waals surface area contributed by atoms with Crippen molar-refractivity contribution in [2.45, 2.75) is 6.92 Å². The highest BCUT2D eigenvalue weighted by molar-refractivity contribution is 9.10. The van der Waals surface area contributed by atoms with E-state index in [0.717, 1.165) is 15.2 Å². The third-order valence-corrected chi connectivity index (χ3v) is 4.58. The molecule has 25 heavy (non-hydrogen) atoms. The Balaban J connectivity index is 1.64. The summed E-state index contributed by atoms with van der Waals surface area (Å²) in [6.07, 6.45) is 0. The summed E-state index contributed by atoms with van der Waals surface area (Å²) < 4.78 is 6.45. The quantitative estimate of drug-likeness (QED) is 0.627. The number of ketones is 1. The van der Waals surface area contributed by atoms with Crippen LogP contribution in [0.2, 0.25) is 0 Å². The Kier molecular flexibility index (Phi) is 5.14. The highest BCUT2D eigenvalue weighted by atomic mass is 79.9. The van der Waals surface area contributed by atoms with E-state index in [1.807, 2.05) is 36.4 Å². The molecule has 1 N–H and O–H groups in total. The van der Waals surface area contributed by atoms with E-state index in [1.165, 1.54) is 6.92 Å². The number of anilines is 1. The van der Waals surface area contributed by atoms with Gasteiger partial charge in [-0.2, -0.15) is 0 Å². The maximum Gasteiger partial charge on any atom is 0.262 e. The lowest BCUT2D eigenvalue weighted by Gasteiger charge is -2.11. The molecule has 5 heteroatoms. The zero-order valence-corrected chi connectivity index (χ0v) is 15.2. The number of carbonyl (C=O) groups is 2. The van der Waals surface area contributed by atoms with Crippen LogP contribution in [0.4, 0.5) is 5.69 Å². The Morgan fingerprint density at radius 1 is 1.00 bits per heavy atom. The summed E-state index contributed by atoms with van der Waals surface area (Å²) in [7, 11) is 0. The lowest BCUT2D eigenvalue weighted by molar-refractivity contribution is -0.118. The summed E-state index contributed by atoms with van der Waals surface area (Å²) in [5, 5.41) is 4.87. The molecule has 1 amide bonds. The number of rotatable bonds is 5. The molecule has 0 aliphatic rings. The molecule has 4 nitrogen and oxygen atoms in total. The van der Waals surface area contributed by atoms with Crippen molar-refractivity contribution in [3.05, 3.63) is 70.7 Å². The van der Waals surface area contributed by atoms with E-state index in [0.29, 0.717) is 17.0 Å². The molecular formula is C20H16BrNO3. The third kappa shape index (κ3) is 4.06. The number of ether oxygens (including phenoxy) is 1. The number of Topliss-reactive ketones (excluding diaryl/α,β-unsaturated/α-hetero) is 1. The van der Waals surface area contributed by atoms with Crippen molar-refractivity contribution in [3.8, 4) is 5.75 Å². The minimum atomic E-state index is -0.268. The van der Waals surface area contributed by atoms with Crippen LogP contribution in [0.5, 0.6) is 5.75 Å². The van der Waals surface area contributed by atoms with Crippen LogP contribution in [0, 0.1) is 0 Å². The van der Waals surface area contributed by atoms with Crippen molar-refractivity contribution in [1.29, 1.82) is 0 Å². The van der Waals surface area contributed by atoms with Crippen LogP contribution >= 0.6 is 15.9 Å². The molecular weight excluding hydrogens is 382 g/mol. The number of hydrogen-bond donors (Lipinski definition) is 1. The Bertz CT molecular complexity index is 935. The summed E-state index contributed by atoms with van der Waals surface area (Å²) in [6.45, 7) is 1.40. The molecule has 0 saturated carbocycles. The number of benzene rings is 3. The predicted molar refractivity (Wildman–Crippen MR) is 102 cm³/mol. The van der Waals surface area contributed by atoms with Gasteiger partial charge in [-0.1, -0.05) is 30.3 Å². The minimum Gasteiger partial charge on any atom is -0.483 e. The van der Waals surface area contributed by atoms with Crippen molar-refractivity contribution in [2.75, 3.05) is 11.9 Å². The molecule has 3 aromatic rings. The van der Waals surface area contributed by atoms with Crippen LogP contribution in [0.1, 0.15) is 17.3 Å². The molecule has 0 spiro atoms. The second kappa shape index (κ2) is 7.49. The zero-order chi connectivity index (χ0) is 17.8. The second-order valence-corrected chi connectivity index (χ2v) is 6.36. The average molecular weight is 398 g/mol. The lowest BCUT2D eigenvalue weighted by atomic mass is 10.1. The van der Waals surface area contributed by atoms with Crippen LogP contribution < -0.4 is 10.1 Å². The van der Waals surface area contributed by atoms with Gasteiger partial charge in [0.15, 0.2) is 12.4 Å². The fourth-order valence-electron chi connectivity index (χ4n) is 2.45. The monoisotopic (exact) mass is 397 g/mol. The highest BCUT2D eigenvalue weighted by Gasteiger charge is 2.09. The molecule has 3 aromatic carbocycles. The van der Waals surface area contributed by atoms with Crippen molar-refractivity contribution < 1.29 is 14.3 Å². The van der Waals surface area contributed by atoms with E-state index in [1.54, 1.807) is 24.3 Å². The largest absolute Gasteiger partial charge is 0.483 e. The first-order valence-corrected chi connectivity index (χ1v) is 8.55. The first-order valence-electron chi connectivity index (χ1n) is 7.75. The summed E-state index contributed by atoms with van der Waals surface area (Å²) in [4.78, 5) is 23.3. The normalized spacial score (nSPS) is 10.5. The van der Waals surface area contributed by atoms with Gasteiger partial charge in [-0.3, -0.25) is 9.59 Å². The first kappa shape index (κ1) is 17.2. The molecule has 0 bridgehead atoms. The van der Waals surface area contributed by atoms with Gasteiger partial charge in [0, 0.05) is 11.3 Å². The van der Waals surface area contributed by atoms with E-state index in [9.17, 15) is 9.59 Å². The fraction of sp³-hybridized carbons (Fsp3) is 0.100. The summed E-state index contributed by atoms with van der Waals surface area (Å²) >= 11 is 3.53. The number of hydrogen-bond acceptors (Lipinski definition) is 3. The SMILES string of the molecule is CC(=O)c1ccc(NC(=O)COc2ccc3ccccc3c2Br)cc1. The van der Waals surface area contributed by atoms with Crippen molar-refractivity contribution >= 4 is 44.1 Å². The van der Waals surface area contributed by atoms with Crippen LogP contribution in [0.15, 0.2) is 65.1 Å². The topological polar surface area (TPSA) is 55.4 Å². The van der Waals surface area contributed by atoms with Gasteiger partial charge in [-0.15, -0.1) is 0 Å². The van der Waals surface area contributed by atoms with Gasteiger partial charge in [-0.25, -0.2) is 0 Å². The molecule has 0 heterocycles. The Labute approximate surface area is 153 Å². The van der Waals surface area contributed by atoms with Crippen LogP contribution in [-0.2, 0) is 4.79 Å². The van der Waals surface area contributed by atoms with Gasteiger partial charge in [-0.05, 0) is 64.0 Å². The molecule has 0 radical (unpaired) electrons. The van der Waals surface area contributed by atoms with Crippen LogP contribution in [-0.4, -0.2) is 18.3 Å². The number of halogens is 1. The van der Waals surface area contributed by atoms with Crippen molar-refractivity contribution in [2.24, 2.45) is 0 Å². The number of fused-ring (bicyclic) bond motifs is 1. The van der Waals surface area contributed by atoms with E-state index < -0.39 is 0 Å². The standard InChI is InChI=1S/C20H16BrNO3/c1-13(23)14-6-9-16(10-7-14)22-19(24)12-25-18-11-8-15-4-2-3-5-17(15)20(18)21/h2-11H,12H2,1H3,(H,22,24). The van der Waals surface area contributed by atoms with Gasteiger partial charge < -0.3 is 10.1 Å². The molecule has 0 aliphatic heterocycles. The average Bonchev–Trinajstić information content (AvgIpc) is 2.62. The highest BCUT2D eigenvalue weighted by Crippen LogP contribution is 2.32. The first-order chi connectivity index (χ1) is 12.0. The smallest absolute Gasteiger partial charge is 0.262 e. The summed E-state index contributed by atoms with van der Waals surface area (Å²) in [5.74, 6) is 0.332. The third-order valence-electron chi connectivity index (χ3n) is 3.76. The van der Waals surface area contributed by atoms with Gasteiger partial charge in [0.1, 0.15) is 5.75 Å². The van der Waals surface area contributed by atoms with E-state index in [-0.39, 0.29) is 18.3 Å². The molecule has 0 aromatic heterocycles. The maximum atomic E-state index is 12.1. The number of amides is 1. The molecule has 3 rings (SSSR count). The molecule has 0 fully saturated rings. The molecule has 126 valence electrons. The van der Waals surface area contributed by atoms with Crippen molar-refractivity contribution in [3.63, 3.8) is 0 Å². The Morgan fingerprint density at radius 3 is 2.44 bits per heavy atom. The lowest BCUT2D eigenvalue weighted by Crippen LogP contribution is -2.20. The minimum absolute atomic E-state index is 0.0117.